The van der Waals surface area contributed by atoms with Gasteiger partial charge in [-0.3, -0.25) is 0 Å². The number of nitrogens with one attached hydrogen (secondary N) is 1. The Hall–Kier alpha value is -2.96. The van der Waals surface area contributed by atoms with Crippen LogP contribution in [-0.2, 0) is 6.54 Å². The number of rotatable bonds is 7. The lowest BCUT2D eigenvalue weighted by atomic mass is 10.2. The molecule has 0 saturated carbocycles. The molecule has 0 amide bonds. The number of aromatic nitrogens is 4. The van der Waals surface area contributed by atoms with Crippen molar-refractivity contribution < 1.29 is 4.39 Å². The maximum Gasteiger partial charge on any atom is 0.248 e. The summed E-state index contributed by atoms with van der Waals surface area (Å²) in [5, 5.41) is 14.8. The van der Waals surface area contributed by atoms with E-state index in [0.29, 0.717) is 18.2 Å². The monoisotopic (exact) mass is 340 g/mol. The zero-order valence-corrected chi connectivity index (χ0v) is 14.4. The van der Waals surface area contributed by atoms with Crippen LogP contribution in [0.4, 0.5) is 16.0 Å². The molecular weight excluding hydrogens is 319 g/mol. The van der Waals surface area contributed by atoms with Crippen LogP contribution in [0.2, 0.25) is 0 Å². The largest absolute Gasteiger partial charge is 0.370 e. The van der Waals surface area contributed by atoms with E-state index in [4.69, 9.17) is 0 Å². The third-order valence-corrected chi connectivity index (χ3v) is 4.04. The highest BCUT2D eigenvalue weighted by Crippen LogP contribution is 2.21. The number of hydrogen-bond donors (Lipinski definition) is 1. The summed E-state index contributed by atoms with van der Waals surface area (Å²) in [5.41, 5.74) is 2.32. The summed E-state index contributed by atoms with van der Waals surface area (Å²) in [4.78, 5) is 1.99. The second-order valence-corrected chi connectivity index (χ2v) is 5.56. The first-order valence-electron chi connectivity index (χ1n) is 8.34. The summed E-state index contributed by atoms with van der Waals surface area (Å²) >= 11 is 0. The Kier molecular flexibility index (Phi) is 5.23. The average molecular weight is 340 g/mol. The number of tetrazole rings is 1. The van der Waals surface area contributed by atoms with E-state index in [1.54, 1.807) is 10.7 Å². The van der Waals surface area contributed by atoms with Gasteiger partial charge in [0.1, 0.15) is 5.82 Å². The lowest BCUT2D eigenvalue weighted by Crippen LogP contribution is -2.23. The Bertz CT molecular complexity index is 813. The van der Waals surface area contributed by atoms with Crippen LogP contribution in [0, 0.1) is 5.82 Å². The summed E-state index contributed by atoms with van der Waals surface area (Å²) in [7, 11) is 0. The molecular formula is C18H21FN6. The van der Waals surface area contributed by atoms with Crippen molar-refractivity contribution in [2.45, 2.75) is 20.4 Å². The fraction of sp³-hybridized carbons (Fsp3) is 0.278. The molecule has 1 heterocycles. The minimum absolute atomic E-state index is 0.217. The molecule has 1 aromatic heterocycles. The quantitative estimate of drug-likeness (QED) is 0.715. The van der Waals surface area contributed by atoms with Gasteiger partial charge in [0.05, 0.1) is 11.4 Å². The molecule has 0 aliphatic carbocycles. The SMILES string of the molecule is CCN(CC)c1ccc(CNc2nnnn2-c2ccccc2)cc1F. The average Bonchev–Trinajstić information content (AvgIpc) is 3.12. The molecule has 2 aromatic carbocycles. The molecule has 3 aromatic rings. The summed E-state index contributed by atoms with van der Waals surface area (Å²) < 4.78 is 16.0. The first-order chi connectivity index (χ1) is 12.2. The number of para-hydroxylation sites is 1. The second-order valence-electron chi connectivity index (χ2n) is 5.56. The van der Waals surface area contributed by atoms with Crippen molar-refractivity contribution in [3.8, 4) is 5.69 Å². The van der Waals surface area contributed by atoms with Gasteiger partial charge in [-0.15, -0.1) is 0 Å². The van der Waals surface area contributed by atoms with Crippen LogP contribution >= 0.6 is 0 Å². The third-order valence-electron chi connectivity index (χ3n) is 4.04. The first kappa shape index (κ1) is 16.9. The summed E-state index contributed by atoms with van der Waals surface area (Å²) in [6.07, 6.45) is 0. The van der Waals surface area contributed by atoms with Gasteiger partial charge in [0.15, 0.2) is 0 Å². The molecule has 1 N–H and O–H groups in total. The molecule has 0 aliphatic heterocycles. The highest BCUT2D eigenvalue weighted by molar-refractivity contribution is 5.49. The number of anilines is 2. The molecule has 6 nitrogen and oxygen atoms in total. The molecule has 7 heteroatoms. The van der Waals surface area contributed by atoms with Crippen molar-refractivity contribution in [3.63, 3.8) is 0 Å². The van der Waals surface area contributed by atoms with E-state index >= 15 is 0 Å². The van der Waals surface area contributed by atoms with Gasteiger partial charge in [-0.25, -0.2) is 4.39 Å². The normalized spacial score (nSPS) is 10.7. The van der Waals surface area contributed by atoms with E-state index in [9.17, 15) is 4.39 Å². The van der Waals surface area contributed by atoms with Gasteiger partial charge in [0, 0.05) is 19.6 Å². The summed E-state index contributed by atoms with van der Waals surface area (Å²) in [6, 6.07) is 14.9. The Labute approximate surface area is 146 Å². The smallest absolute Gasteiger partial charge is 0.248 e. The number of hydrogen-bond acceptors (Lipinski definition) is 5. The van der Waals surface area contributed by atoms with Crippen molar-refractivity contribution in [2.75, 3.05) is 23.3 Å². The minimum atomic E-state index is -0.217. The van der Waals surface area contributed by atoms with Gasteiger partial charge in [-0.2, -0.15) is 4.68 Å². The van der Waals surface area contributed by atoms with Crippen LogP contribution in [0.15, 0.2) is 48.5 Å². The third kappa shape index (κ3) is 3.76. The predicted molar refractivity (Wildman–Crippen MR) is 96.4 cm³/mol. The van der Waals surface area contributed by atoms with Gasteiger partial charge in [-0.05, 0) is 54.1 Å². The van der Waals surface area contributed by atoms with Gasteiger partial charge < -0.3 is 10.2 Å². The molecule has 0 fully saturated rings. The maximum atomic E-state index is 14.4. The van der Waals surface area contributed by atoms with Crippen LogP contribution in [0.25, 0.3) is 5.69 Å². The van der Waals surface area contributed by atoms with Crippen LogP contribution in [-0.4, -0.2) is 33.3 Å². The number of nitrogens with zero attached hydrogens (tertiary/aromatic N) is 5. The standard InChI is InChI=1S/C18H21FN6/c1-3-24(4-2)17-11-10-14(12-16(17)19)13-20-18-21-22-23-25(18)15-8-6-5-7-9-15/h5-12H,3-4,13H2,1-2H3,(H,20,21,23). The molecule has 0 aliphatic rings. The molecule has 0 spiro atoms. The number of halogens is 1. The summed E-state index contributed by atoms with van der Waals surface area (Å²) in [5.74, 6) is 0.296. The van der Waals surface area contributed by atoms with E-state index in [0.717, 1.165) is 24.3 Å². The Morgan fingerprint density at radius 3 is 2.52 bits per heavy atom. The fourth-order valence-corrected chi connectivity index (χ4v) is 2.70. The van der Waals surface area contributed by atoms with E-state index in [1.165, 1.54) is 0 Å². The van der Waals surface area contributed by atoms with Gasteiger partial charge >= 0.3 is 0 Å². The summed E-state index contributed by atoms with van der Waals surface area (Å²) in [6.45, 7) is 6.01. The zero-order valence-electron chi connectivity index (χ0n) is 14.4. The highest BCUT2D eigenvalue weighted by atomic mass is 19.1. The van der Waals surface area contributed by atoms with Crippen molar-refractivity contribution in [3.05, 3.63) is 59.9 Å². The molecule has 0 bridgehead atoms. The Balaban J connectivity index is 1.73. The van der Waals surface area contributed by atoms with Crippen LogP contribution in [0.3, 0.4) is 0 Å². The molecule has 0 saturated heterocycles. The van der Waals surface area contributed by atoms with Crippen molar-refractivity contribution in [1.29, 1.82) is 0 Å². The van der Waals surface area contributed by atoms with Crippen molar-refractivity contribution >= 4 is 11.6 Å². The van der Waals surface area contributed by atoms with Gasteiger partial charge in [-0.1, -0.05) is 29.4 Å². The maximum absolute atomic E-state index is 14.4. The van der Waals surface area contributed by atoms with Crippen LogP contribution < -0.4 is 10.2 Å². The van der Waals surface area contributed by atoms with Crippen LogP contribution in [0.5, 0.6) is 0 Å². The van der Waals surface area contributed by atoms with E-state index in [1.807, 2.05) is 61.2 Å². The molecule has 3 rings (SSSR count). The van der Waals surface area contributed by atoms with Gasteiger partial charge in [0.25, 0.3) is 0 Å². The zero-order chi connectivity index (χ0) is 17.6. The molecule has 130 valence electrons. The predicted octanol–water partition coefficient (Wildman–Crippen LogP) is 3.26. The van der Waals surface area contributed by atoms with Gasteiger partial charge in [0.2, 0.25) is 5.95 Å². The fourth-order valence-electron chi connectivity index (χ4n) is 2.70. The van der Waals surface area contributed by atoms with E-state index in [2.05, 4.69) is 20.8 Å². The Morgan fingerprint density at radius 1 is 1.08 bits per heavy atom. The number of benzene rings is 2. The molecule has 0 radical (unpaired) electrons. The van der Waals surface area contributed by atoms with E-state index < -0.39 is 0 Å². The highest BCUT2D eigenvalue weighted by Gasteiger charge is 2.11. The Morgan fingerprint density at radius 2 is 1.84 bits per heavy atom. The lowest BCUT2D eigenvalue weighted by Gasteiger charge is -2.22. The minimum Gasteiger partial charge on any atom is -0.370 e. The van der Waals surface area contributed by atoms with Crippen LogP contribution in [0.1, 0.15) is 19.4 Å². The van der Waals surface area contributed by atoms with Crippen molar-refractivity contribution in [1.82, 2.24) is 20.2 Å². The van der Waals surface area contributed by atoms with Crippen molar-refractivity contribution in [2.24, 2.45) is 0 Å². The molecule has 0 atom stereocenters. The lowest BCUT2D eigenvalue weighted by molar-refractivity contribution is 0.618. The molecule has 25 heavy (non-hydrogen) atoms. The molecule has 0 unspecified atom stereocenters. The second kappa shape index (κ2) is 7.74. The first-order valence-corrected chi connectivity index (χ1v) is 8.34. The van der Waals surface area contributed by atoms with E-state index in [-0.39, 0.29) is 5.82 Å². The topological polar surface area (TPSA) is 58.9 Å².